The van der Waals surface area contributed by atoms with Gasteiger partial charge < -0.3 is 9.47 Å². The first-order valence-corrected chi connectivity index (χ1v) is 10.0. The molecule has 0 radical (unpaired) electrons. The van der Waals surface area contributed by atoms with Gasteiger partial charge in [0, 0.05) is 6.20 Å². The molecule has 160 valence electrons. The standard InChI is InChI=1S/C22H18Cl2FN3O3/c1-2-30-19-11-15(12-27-28-22(29)17-4-3-9-26-21(17)24)10-18(23)20(19)31-13-14-5-7-16(25)8-6-14/h3-12H,2,13H2,1H3,(H,28,29). The summed E-state index contributed by atoms with van der Waals surface area (Å²) in [6.07, 6.45) is 2.90. The van der Waals surface area contributed by atoms with E-state index < -0.39 is 5.91 Å². The highest BCUT2D eigenvalue weighted by Crippen LogP contribution is 2.37. The third-order valence-corrected chi connectivity index (χ3v) is 4.59. The summed E-state index contributed by atoms with van der Waals surface area (Å²) >= 11 is 12.3. The van der Waals surface area contributed by atoms with Gasteiger partial charge in [0.05, 0.1) is 23.4 Å². The molecule has 3 rings (SSSR count). The summed E-state index contributed by atoms with van der Waals surface area (Å²) in [7, 11) is 0. The normalized spacial score (nSPS) is 10.8. The maximum atomic E-state index is 13.1. The summed E-state index contributed by atoms with van der Waals surface area (Å²) < 4.78 is 24.5. The zero-order chi connectivity index (χ0) is 22.2. The molecule has 0 saturated carbocycles. The SMILES string of the molecule is CCOc1cc(C=NNC(=O)c2cccnc2Cl)cc(Cl)c1OCc1ccc(F)cc1. The summed E-state index contributed by atoms with van der Waals surface area (Å²) in [5, 5.41) is 4.32. The number of hydrazone groups is 1. The number of ether oxygens (including phenoxy) is 2. The van der Waals surface area contributed by atoms with Crippen molar-refractivity contribution in [1.82, 2.24) is 10.4 Å². The molecule has 0 atom stereocenters. The van der Waals surface area contributed by atoms with E-state index >= 15 is 0 Å². The van der Waals surface area contributed by atoms with Crippen molar-refractivity contribution in [3.63, 3.8) is 0 Å². The number of halogens is 3. The van der Waals surface area contributed by atoms with E-state index in [4.69, 9.17) is 32.7 Å². The Hall–Kier alpha value is -3.16. The van der Waals surface area contributed by atoms with E-state index in [-0.39, 0.29) is 23.1 Å². The van der Waals surface area contributed by atoms with Crippen LogP contribution in [0, 0.1) is 5.82 Å². The molecule has 0 aliphatic heterocycles. The van der Waals surface area contributed by atoms with Crippen molar-refractivity contribution >= 4 is 35.3 Å². The first-order chi connectivity index (χ1) is 15.0. The molecule has 0 aliphatic carbocycles. The van der Waals surface area contributed by atoms with E-state index in [0.29, 0.717) is 28.7 Å². The molecular weight excluding hydrogens is 444 g/mol. The molecule has 0 fully saturated rings. The van der Waals surface area contributed by atoms with Gasteiger partial charge >= 0.3 is 0 Å². The fraction of sp³-hybridized carbons (Fsp3) is 0.136. The maximum Gasteiger partial charge on any atom is 0.274 e. The highest BCUT2D eigenvalue weighted by atomic mass is 35.5. The quantitative estimate of drug-likeness (QED) is 0.281. The predicted molar refractivity (Wildman–Crippen MR) is 118 cm³/mol. The first-order valence-electron chi connectivity index (χ1n) is 9.25. The van der Waals surface area contributed by atoms with Crippen molar-refractivity contribution in [3.8, 4) is 11.5 Å². The predicted octanol–water partition coefficient (Wildman–Crippen LogP) is 5.27. The minimum atomic E-state index is -0.496. The van der Waals surface area contributed by atoms with Crippen LogP contribution < -0.4 is 14.9 Å². The number of nitrogens with one attached hydrogen (secondary N) is 1. The Morgan fingerprint density at radius 1 is 1.19 bits per heavy atom. The molecular formula is C22H18Cl2FN3O3. The molecule has 0 bridgehead atoms. The molecule has 0 spiro atoms. The lowest BCUT2D eigenvalue weighted by atomic mass is 10.2. The Bertz CT molecular complexity index is 1090. The molecule has 1 heterocycles. The summed E-state index contributed by atoms with van der Waals surface area (Å²) in [6.45, 7) is 2.41. The van der Waals surface area contributed by atoms with Gasteiger partial charge in [0.1, 0.15) is 17.6 Å². The smallest absolute Gasteiger partial charge is 0.274 e. The number of hydrogen-bond donors (Lipinski definition) is 1. The summed E-state index contributed by atoms with van der Waals surface area (Å²) in [6, 6.07) is 12.4. The molecule has 0 unspecified atom stereocenters. The molecule has 31 heavy (non-hydrogen) atoms. The van der Waals surface area contributed by atoms with Crippen LogP contribution in [0.15, 0.2) is 59.8 Å². The van der Waals surface area contributed by atoms with Crippen LogP contribution >= 0.6 is 23.2 Å². The highest BCUT2D eigenvalue weighted by molar-refractivity contribution is 6.33. The van der Waals surface area contributed by atoms with E-state index in [1.807, 2.05) is 6.92 Å². The summed E-state index contributed by atoms with van der Waals surface area (Å²) in [5.74, 6) is -0.0422. The minimum Gasteiger partial charge on any atom is -0.490 e. The number of amides is 1. The van der Waals surface area contributed by atoms with Crippen molar-refractivity contribution in [2.75, 3.05) is 6.61 Å². The van der Waals surface area contributed by atoms with Gasteiger partial charge in [-0.05, 0) is 54.4 Å². The van der Waals surface area contributed by atoms with Gasteiger partial charge in [0.2, 0.25) is 0 Å². The fourth-order valence-corrected chi connectivity index (χ4v) is 3.06. The average Bonchev–Trinajstić information content (AvgIpc) is 2.75. The van der Waals surface area contributed by atoms with Crippen molar-refractivity contribution < 1.29 is 18.7 Å². The average molecular weight is 462 g/mol. The first kappa shape index (κ1) is 22.5. The lowest BCUT2D eigenvalue weighted by Crippen LogP contribution is -2.18. The van der Waals surface area contributed by atoms with Crippen LogP contribution in [0.4, 0.5) is 4.39 Å². The Balaban J connectivity index is 1.73. The second kappa shape index (κ2) is 10.7. The largest absolute Gasteiger partial charge is 0.490 e. The lowest BCUT2D eigenvalue weighted by Gasteiger charge is -2.14. The van der Waals surface area contributed by atoms with E-state index in [1.165, 1.54) is 30.6 Å². The zero-order valence-corrected chi connectivity index (χ0v) is 18.0. The van der Waals surface area contributed by atoms with Gasteiger partial charge in [-0.2, -0.15) is 5.10 Å². The van der Waals surface area contributed by atoms with Gasteiger partial charge in [-0.15, -0.1) is 0 Å². The van der Waals surface area contributed by atoms with Crippen LogP contribution in [0.2, 0.25) is 10.2 Å². The Labute approximate surface area is 188 Å². The number of nitrogens with zero attached hydrogens (tertiary/aromatic N) is 2. The van der Waals surface area contributed by atoms with E-state index in [9.17, 15) is 9.18 Å². The number of carbonyl (C=O) groups is 1. The van der Waals surface area contributed by atoms with E-state index in [1.54, 1.807) is 30.3 Å². The molecule has 3 aromatic rings. The minimum absolute atomic E-state index is 0.0829. The van der Waals surface area contributed by atoms with Crippen molar-refractivity contribution in [3.05, 3.63) is 87.4 Å². The summed E-state index contributed by atoms with van der Waals surface area (Å²) in [4.78, 5) is 16.0. The number of aromatic nitrogens is 1. The molecule has 0 saturated heterocycles. The number of pyridine rings is 1. The van der Waals surface area contributed by atoms with Gasteiger partial charge in [0.15, 0.2) is 11.5 Å². The lowest BCUT2D eigenvalue weighted by molar-refractivity contribution is 0.0955. The second-order valence-electron chi connectivity index (χ2n) is 6.22. The number of hydrogen-bond acceptors (Lipinski definition) is 5. The maximum absolute atomic E-state index is 13.1. The topological polar surface area (TPSA) is 72.8 Å². The second-order valence-corrected chi connectivity index (χ2v) is 6.98. The Morgan fingerprint density at radius 3 is 2.68 bits per heavy atom. The molecule has 1 N–H and O–H groups in total. The van der Waals surface area contributed by atoms with E-state index in [0.717, 1.165) is 5.56 Å². The summed E-state index contributed by atoms with van der Waals surface area (Å²) in [5.41, 5.74) is 3.96. The molecule has 2 aromatic carbocycles. The fourth-order valence-electron chi connectivity index (χ4n) is 2.58. The Kier molecular flexibility index (Phi) is 7.81. The van der Waals surface area contributed by atoms with Crippen molar-refractivity contribution in [2.45, 2.75) is 13.5 Å². The Morgan fingerprint density at radius 2 is 1.97 bits per heavy atom. The van der Waals surface area contributed by atoms with Crippen LogP contribution in [0.1, 0.15) is 28.4 Å². The van der Waals surface area contributed by atoms with Crippen LogP contribution in [-0.4, -0.2) is 23.7 Å². The third-order valence-electron chi connectivity index (χ3n) is 4.01. The highest BCUT2D eigenvalue weighted by Gasteiger charge is 2.13. The van der Waals surface area contributed by atoms with Crippen LogP contribution in [0.3, 0.4) is 0 Å². The van der Waals surface area contributed by atoms with Gasteiger partial charge in [-0.25, -0.2) is 14.8 Å². The van der Waals surface area contributed by atoms with E-state index in [2.05, 4.69) is 15.5 Å². The molecule has 1 aromatic heterocycles. The van der Waals surface area contributed by atoms with Crippen LogP contribution in [0.25, 0.3) is 0 Å². The number of rotatable bonds is 8. The zero-order valence-electron chi connectivity index (χ0n) is 16.4. The molecule has 0 aliphatic rings. The number of benzene rings is 2. The van der Waals surface area contributed by atoms with Crippen molar-refractivity contribution in [2.24, 2.45) is 5.10 Å². The van der Waals surface area contributed by atoms with Crippen molar-refractivity contribution in [1.29, 1.82) is 0 Å². The number of carbonyl (C=O) groups excluding carboxylic acids is 1. The van der Waals surface area contributed by atoms with Gasteiger partial charge in [0.25, 0.3) is 5.91 Å². The third kappa shape index (κ3) is 6.16. The van der Waals surface area contributed by atoms with Crippen LogP contribution in [0.5, 0.6) is 11.5 Å². The van der Waals surface area contributed by atoms with Crippen LogP contribution in [-0.2, 0) is 6.61 Å². The molecule has 1 amide bonds. The monoisotopic (exact) mass is 461 g/mol. The van der Waals surface area contributed by atoms with Gasteiger partial charge in [-0.1, -0.05) is 35.3 Å². The van der Waals surface area contributed by atoms with Gasteiger partial charge in [-0.3, -0.25) is 4.79 Å². The molecule has 9 heteroatoms. The molecule has 6 nitrogen and oxygen atoms in total.